The molecule has 4 rings (SSSR count). The summed E-state index contributed by atoms with van der Waals surface area (Å²) < 4.78 is 5.56. The van der Waals surface area contributed by atoms with Crippen molar-refractivity contribution in [3.8, 4) is 0 Å². The van der Waals surface area contributed by atoms with Gasteiger partial charge in [-0.2, -0.15) is 0 Å². The van der Waals surface area contributed by atoms with Crippen molar-refractivity contribution in [1.29, 1.82) is 0 Å². The van der Waals surface area contributed by atoms with Gasteiger partial charge in [0.1, 0.15) is 5.60 Å². The van der Waals surface area contributed by atoms with E-state index in [9.17, 15) is 15.0 Å². The van der Waals surface area contributed by atoms with Gasteiger partial charge in [-0.3, -0.25) is 0 Å². The molecule has 0 aromatic rings. The van der Waals surface area contributed by atoms with Crippen LogP contribution in [0.3, 0.4) is 0 Å². The highest BCUT2D eigenvalue weighted by molar-refractivity contribution is 5.69. The Kier molecular flexibility index (Phi) is 3.72. The topological polar surface area (TPSA) is 70.0 Å². The fourth-order valence-corrected chi connectivity index (χ4v) is 4.79. The summed E-state index contributed by atoms with van der Waals surface area (Å²) in [6.45, 7) is 6.24. The Bertz CT molecular complexity index is 454. The van der Waals surface area contributed by atoms with Crippen LogP contribution in [-0.4, -0.2) is 51.6 Å². The third kappa shape index (κ3) is 2.33. The van der Waals surface area contributed by atoms with Crippen molar-refractivity contribution in [2.24, 2.45) is 11.3 Å². The smallest absolute Gasteiger partial charge is 0.410 e. The summed E-state index contributed by atoms with van der Waals surface area (Å²) in [4.78, 5) is 14.4. The van der Waals surface area contributed by atoms with E-state index in [1.165, 1.54) is 0 Å². The van der Waals surface area contributed by atoms with E-state index in [-0.39, 0.29) is 18.7 Å². The standard InChI is InChI=1S/C17H29NO4/c1-15(2,3)22-14(20)18-10-12-5-6-13(18)16(9-12,11-19)17(21)7-4-8-17/h12-13,19,21H,4-11H2,1-3H3. The number of rotatable bonds is 2. The van der Waals surface area contributed by atoms with Crippen LogP contribution in [0.4, 0.5) is 4.79 Å². The molecule has 4 aliphatic rings. The highest BCUT2D eigenvalue weighted by Crippen LogP contribution is 2.58. The van der Waals surface area contributed by atoms with E-state index in [1.807, 2.05) is 20.8 Å². The molecule has 22 heavy (non-hydrogen) atoms. The highest BCUT2D eigenvalue weighted by atomic mass is 16.6. The molecule has 2 heterocycles. The zero-order valence-electron chi connectivity index (χ0n) is 14.0. The molecule has 0 aromatic heterocycles. The molecule has 2 bridgehead atoms. The molecule has 5 heteroatoms. The lowest BCUT2D eigenvalue weighted by Gasteiger charge is -2.63. The maximum absolute atomic E-state index is 12.6. The summed E-state index contributed by atoms with van der Waals surface area (Å²) in [5.74, 6) is 0.356. The summed E-state index contributed by atoms with van der Waals surface area (Å²) in [6.07, 6.45) is 4.92. The molecular weight excluding hydrogens is 282 g/mol. The van der Waals surface area contributed by atoms with Crippen molar-refractivity contribution in [3.63, 3.8) is 0 Å². The van der Waals surface area contributed by atoms with Crippen LogP contribution in [0.5, 0.6) is 0 Å². The monoisotopic (exact) mass is 311 g/mol. The number of ether oxygens (including phenoxy) is 1. The predicted molar refractivity (Wildman–Crippen MR) is 82.4 cm³/mol. The molecule has 4 fully saturated rings. The predicted octanol–water partition coefficient (Wildman–Crippen LogP) is 2.30. The van der Waals surface area contributed by atoms with Gasteiger partial charge in [0.05, 0.1) is 12.2 Å². The molecule has 3 unspecified atom stereocenters. The van der Waals surface area contributed by atoms with Gasteiger partial charge >= 0.3 is 6.09 Å². The van der Waals surface area contributed by atoms with Crippen LogP contribution in [0.2, 0.25) is 0 Å². The molecule has 0 radical (unpaired) electrons. The summed E-state index contributed by atoms with van der Waals surface area (Å²) in [6, 6.07) is -0.109. The van der Waals surface area contributed by atoms with Crippen molar-refractivity contribution in [1.82, 2.24) is 4.90 Å². The number of hydrogen-bond acceptors (Lipinski definition) is 4. The van der Waals surface area contributed by atoms with Gasteiger partial charge in [-0.1, -0.05) is 0 Å². The fraction of sp³-hybridized carbons (Fsp3) is 0.941. The lowest BCUT2D eigenvalue weighted by molar-refractivity contribution is -0.223. The SMILES string of the molecule is CC(C)(C)OC(=O)N1CC2CCC1C(CO)(C1(O)CCC1)C2. The van der Waals surface area contributed by atoms with E-state index in [2.05, 4.69) is 0 Å². The van der Waals surface area contributed by atoms with Gasteiger partial charge in [0.2, 0.25) is 0 Å². The van der Waals surface area contributed by atoms with E-state index < -0.39 is 16.6 Å². The molecule has 0 spiro atoms. The Morgan fingerprint density at radius 1 is 1.32 bits per heavy atom. The third-order valence-electron chi connectivity index (χ3n) is 5.99. The molecule has 126 valence electrons. The van der Waals surface area contributed by atoms with E-state index in [4.69, 9.17) is 4.74 Å². The van der Waals surface area contributed by atoms with Crippen LogP contribution >= 0.6 is 0 Å². The number of carbonyl (C=O) groups is 1. The van der Waals surface area contributed by atoms with Crippen molar-refractivity contribution >= 4 is 6.09 Å². The van der Waals surface area contributed by atoms with Gasteiger partial charge in [-0.15, -0.1) is 0 Å². The molecule has 2 N–H and O–H groups in total. The van der Waals surface area contributed by atoms with Crippen LogP contribution in [-0.2, 0) is 4.74 Å². The first-order valence-corrected chi connectivity index (χ1v) is 8.54. The van der Waals surface area contributed by atoms with Crippen molar-refractivity contribution in [2.75, 3.05) is 13.2 Å². The molecule has 2 saturated heterocycles. The van der Waals surface area contributed by atoms with Crippen LogP contribution < -0.4 is 0 Å². The average Bonchev–Trinajstić information content (AvgIpc) is 2.43. The largest absolute Gasteiger partial charge is 0.444 e. The van der Waals surface area contributed by atoms with E-state index in [0.717, 1.165) is 38.5 Å². The second kappa shape index (κ2) is 5.10. The molecule has 2 aliphatic carbocycles. The number of fused-ring (bicyclic) bond motifs is 3. The van der Waals surface area contributed by atoms with Crippen molar-refractivity contribution < 1.29 is 19.7 Å². The molecule has 1 amide bonds. The minimum Gasteiger partial charge on any atom is -0.444 e. The minimum absolute atomic E-state index is 0.0516. The second-order valence-corrected chi connectivity index (χ2v) is 8.50. The van der Waals surface area contributed by atoms with E-state index >= 15 is 0 Å². The summed E-state index contributed by atoms with van der Waals surface area (Å²) >= 11 is 0. The van der Waals surface area contributed by atoms with Gasteiger partial charge in [0.15, 0.2) is 0 Å². The first kappa shape index (κ1) is 16.1. The average molecular weight is 311 g/mol. The minimum atomic E-state index is -0.814. The van der Waals surface area contributed by atoms with E-state index in [0.29, 0.717) is 12.5 Å². The maximum atomic E-state index is 12.6. The van der Waals surface area contributed by atoms with Crippen LogP contribution in [0.1, 0.15) is 59.3 Å². The van der Waals surface area contributed by atoms with Gasteiger partial charge in [-0.05, 0) is 65.2 Å². The van der Waals surface area contributed by atoms with Crippen LogP contribution in [0, 0.1) is 11.3 Å². The summed E-state index contributed by atoms with van der Waals surface area (Å²) in [7, 11) is 0. The Hall–Kier alpha value is -0.810. The zero-order chi connectivity index (χ0) is 16.2. The van der Waals surface area contributed by atoms with Gasteiger partial charge in [0.25, 0.3) is 0 Å². The number of amides is 1. The molecule has 2 aliphatic heterocycles. The lowest BCUT2D eigenvalue weighted by atomic mass is 9.50. The van der Waals surface area contributed by atoms with Gasteiger partial charge < -0.3 is 19.8 Å². The first-order chi connectivity index (χ1) is 10.2. The quantitative estimate of drug-likeness (QED) is 0.821. The van der Waals surface area contributed by atoms with E-state index in [1.54, 1.807) is 4.90 Å². The lowest BCUT2D eigenvalue weighted by Crippen LogP contribution is -2.71. The Morgan fingerprint density at radius 3 is 2.45 bits per heavy atom. The number of aliphatic hydroxyl groups is 2. The molecule has 3 atom stereocenters. The van der Waals surface area contributed by atoms with Gasteiger partial charge in [0, 0.05) is 18.0 Å². The van der Waals surface area contributed by atoms with Crippen LogP contribution in [0.15, 0.2) is 0 Å². The molecule has 2 saturated carbocycles. The molecule has 0 aromatic carbocycles. The summed E-state index contributed by atoms with van der Waals surface area (Å²) in [5, 5.41) is 21.2. The number of piperidine rings is 2. The van der Waals surface area contributed by atoms with Crippen LogP contribution in [0.25, 0.3) is 0 Å². The maximum Gasteiger partial charge on any atom is 0.410 e. The summed E-state index contributed by atoms with van der Waals surface area (Å²) in [5.41, 5.74) is -1.90. The number of aliphatic hydroxyl groups excluding tert-OH is 1. The highest BCUT2D eigenvalue weighted by Gasteiger charge is 2.63. The fourth-order valence-electron chi connectivity index (χ4n) is 4.79. The normalized spacial score (nSPS) is 36.9. The third-order valence-corrected chi connectivity index (χ3v) is 5.99. The second-order valence-electron chi connectivity index (χ2n) is 8.50. The molecular formula is C17H29NO4. The number of nitrogens with zero attached hydrogens (tertiary/aromatic N) is 1. The number of carbonyl (C=O) groups excluding carboxylic acids is 1. The Labute approximate surface area is 132 Å². The van der Waals surface area contributed by atoms with Gasteiger partial charge in [-0.25, -0.2) is 4.79 Å². The van der Waals surface area contributed by atoms with Crippen molar-refractivity contribution in [2.45, 2.75) is 76.5 Å². The van der Waals surface area contributed by atoms with Crippen molar-refractivity contribution in [3.05, 3.63) is 0 Å². The zero-order valence-corrected chi connectivity index (χ0v) is 14.0. The number of hydrogen-bond donors (Lipinski definition) is 2. The Balaban J connectivity index is 1.87. The first-order valence-electron chi connectivity index (χ1n) is 8.54. The Morgan fingerprint density at radius 2 is 2.00 bits per heavy atom. The molecule has 5 nitrogen and oxygen atoms in total.